The van der Waals surface area contributed by atoms with Gasteiger partial charge in [0.2, 0.25) is 0 Å². The summed E-state index contributed by atoms with van der Waals surface area (Å²) in [5.74, 6) is 17.3. The lowest BCUT2D eigenvalue weighted by Crippen LogP contribution is -2.52. The van der Waals surface area contributed by atoms with Gasteiger partial charge in [0.05, 0.1) is 42.8 Å². The van der Waals surface area contributed by atoms with Crippen LogP contribution in [0.5, 0.6) is 28.7 Å². The van der Waals surface area contributed by atoms with Crippen LogP contribution in [0.2, 0.25) is 0 Å². The Labute approximate surface area is 597 Å². The molecule has 4 saturated carbocycles. The minimum Gasteiger partial charge on any atom is -0.508 e. The Balaban J connectivity index is 1.01. The molecule has 17 rings (SSSR count). The number of ether oxygens (including phenoxy) is 5. The number of dihydropyridines is 1. The summed E-state index contributed by atoms with van der Waals surface area (Å²) in [6.07, 6.45) is 24.9. The van der Waals surface area contributed by atoms with Crippen LogP contribution in [0.15, 0.2) is 108 Å². The van der Waals surface area contributed by atoms with Crippen LogP contribution in [-0.2, 0) is 49.9 Å². The quantitative estimate of drug-likeness (QED) is 0.0442. The Bertz CT molecular complexity index is 4250. The van der Waals surface area contributed by atoms with Crippen molar-refractivity contribution in [2.24, 2.45) is 41.2 Å². The first-order valence-corrected chi connectivity index (χ1v) is 39.9. The zero-order chi connectivity index (χ0) is 68.0. The number of benzene rings is 5. The highest BCUT2D eigenvalue weighted by Crippen LogP contribution is 2.67. The van der Waals surface area contributed by atoms with Gasteiger partial charge in [0.1, 0.15) is 42.0 Å². The average molecular weight is 1380 g/mol. The number of esters is 1. The number of phenolic OH excluding ortho intramolecular Hbond substituents is 2. The smallest absolute Gasteiger partial charge is 0.302 e. The predicted molar refractivity (Wildman–Crippen MR) is 395 cm³/mol. The number of aromatic hydroxyl groups is 2. The highest BCUT2D eigenvalue weighted by atomic mass is 33.1. The number of nitrogens with two attached hydrogens (primary N) is 1. The molecule has 11 bridgehead atoms. The third-order valence-electron chi connectivity index (χ3n) is 26.1. The normalized spacial score (nSPS) is 32.1. The van der Waals surface area contributed by atoms with E-state index < -0.39 is 47.0 Å². The van der Waals surface area contributed by atoms with E-state index in [1.807, 2.05) is 27.7 Å². The molecule has 5 aromatic rings. The van der Waals surface area contributed by atoms with Crippen molar-refractivity contribution in [2.75, 3.05) is 46.3 Å². The number of hydrogen-bond acceptors (Lipinski definition) is 15. The standard InChI is InChI=1S/C85H96N4O9S2/c1-49(91)96-47-66-60-22-23-62-73-54(38-59(92)40-70(73)95-3)42-83-35-30-53(41-83)76-61-25-29-72(86)89-68(61)27-21-52-20-26-67(84(31-10-11-32-84)56-17-13-18-57(39-56)85(76)33-8-5-9-34-85)65(46-94-2)55(45-90)43-87-44-64-74(52)75(79(66)97-80(60)77(62)83)63-24-28-69-82(98-81(63)78(64)93)71(37-50-14-6-4-7-15-50)100-99-48-51-16-12-19-58(36-51)88-69/h4,6-7,13-15,17-18,22-25,28-29,38-40,51-53,55,58,65-67,69,71-72,76,79,82,87-90,92-93H,5,8-12,16,19,30-37,41-48,86H2,1-3H3. The maximum atomic E-state index is 14.2. The first kappa shape index (κ1) is 66.4. The summed E-state index contributed by atoms with van der Waals surface area (Å²) in [5.41, 5.74) is 19.6. The van der Waals surface area contributed by atoms with Crippen molar-refractivity contribution in [1.82, 2.24) is 16.0 Å². The van der Waals surface area contributed by atoms with Crippen molar-refractivity contribution in [2.45, 2.75) is 193 Å². The summed E-state index contributed by atoms with van der Waals surface area (Å²) in [4.78, 5) is 13.7. The van der Waals surface area contributed by atoms with Gasteiger partial charge in [0, 0.05) is 119 Å². The molecule has 15 heteroatoms. The lowest BCUT2D eigenvalue weighted by Gasteiger charge is -2.50. The van der Waals surface area contributed by atoms with Crippen molar-refractivity contribution >= 4 is 33.6 Å². The predicted octanol–water partition coefficient (Wildman–Crippen LogP) is 14.2. The fourth-order valence-corrected chi connectivity index (χ4v) is 25.0. The first-order valence-electron chi connectivity index (χ1n) is 37.5. The van der Waals surface area contributed by atoms with Crippen LogP contribution in [0.1, 0.15) is 183 Å². The van der Waals surface area contributed by atoms with Gasteiger partial charge >= 0.3 is 5.97 Å². The van der Waals surface area contributed by atoms with Gasteiger partial charge in [-0.05, 0) is 152 Å². The summed E-state index contributed by atoms with van der Waals surface area (Å²) in [6, 6.07) is 28.8. The number of carbonyl (C=O) groups is 1. The zero-order valence-electron chi connectivity index (χ0n) is 58.1. The topological polar surface area (TPSA) is 186 Å². The van der Waals surface area contributed by atoms with Gasteiger partial charge in [0.15, 0.2) is 11.5 Å². The van der Waals surface area contributed by atoms with E-state index in [1.54, 1.807) is 20.3 Å². The minimum absolute atomic E-state index is 0.00131. The Morgan fingerprint density at radius 2 is 1.65 bits per heavy atom. The van der Waals surface area contributed by atoms with E-state index in [-0.39, 0.29) is 83.6 Å². The molecule has 6 aliphatic heterocycles. The lowest BCUT2D eigenvalue weighted by molar-refractivity contribution is -0.141. The van der Waals surface area contributed by atoms with Crippen LogP contribution >= 0.6 is 21.6 Å². The number of rotatable bonds is 8. The van der Waals surface area contributed by atoms with Gasteiger partial charge in [-0.25, -0.2) is 0 Å². The average Bonchev–Trinajstić information content (AvgIpc) is 1.48. The lowest BCUT2D eigenvalue weighted by atomic mass is 9.54. The fraction of sp³-hybridized carbons (Fsp3) is 0.518. The third-order valence-corrected chi connectivity index (χ3v) is 29.1. The monoisotopic (exact) mass is 1380 g/mol. The molecule has 100 heavy (non-hydrogen) atoms. The number of nitrogens with one attached hydrogen (secondary N) is 3. The Morgan fingerprint density at radius 3 is 2.46 bits per heavy atom. The van der Waals surface area contributed by atoms with E-state index in [0.717, 1.165) is 159 Å². The van der Waals surface area contributed by atoms with E-state index in [0.29, 0.717) is 48.1 Å². The van der Waals surface area contributed by atoms with Crippen LogP contribution < -0.4 is 35.9 Å². The number of phenols is 2. The molecule has 15 unspecified atom stereocenters. The molecule has 15 atom stereocenters. The fourth-order valence-electron chi connectivity index (χ4n) is 21.8. The van der Waals surface area contributed by atoms with Crippen LogP contribution in [0.4, 0.5) is 0 Å². The number of allylic oxidation sites excluding steroid dienone is 3. The van der Waals surface area contributed by atoms with Crippen molar-refractivity contribution in [3.63, 3.8) is 0 Å². The van der Waals surface area contributed by atoms with E-state index in [4.69, 9.17) is 29.4 Å². The second kappa shape index (κ2) is 27.1. The molecule has 13 nitrogen and oxygen atoms in total. The molecule has 8 N–H and O–H groups in total. The van der Waals surface area contributed by atoms with Crippen LogP contribution in [0.25, 0.3) is 17.2 Å². The maximum absolute atomic E-state index is 14.2. The second-order valence-corrected chi connectivity index (χ2v) is 34.2. The number of fused-ring (bicyclic) bond motifs is 18. The van der Waals surface area contributed by atoms with Gasteiger partial charge in [-0.2, -0.15) is 0 Å². The van der Waals surface area contributed by atoms with Gasteiger partial charge in [-0.1, -0.05) is 163 Å². The summed E-state index contributed by atoms with van der Waals surface area (Å²) in [7, 11) is 7.35. The minimum atomic E-state index is -0.883. The van der Waals surface area contributed by atoms with Crippen molar-refractivity contribution < 1.29 is 43.8 Å². The molecule has 5 fully saturated rings. The highest BCUT2D eigenvalue weighted by molar-refractivity contribution is 8.77. The zero-order valence-corrected chi connectivity index (χ0v) is 59.7. The Hall–Kier alpha value is -6.79. The van der Waals surface area contributed by atoms with E-state index in [1.165, 1.54) is 35.6 Å². The molecule has 0 aromatic heterocycles. The maximum Gasteiger partial charge on any atom is 0.302 e. The Morgan fingerprint density at radius 1 is 0.830 bits per heavy atom. The largest absolute Gasteiger partial charge is 0.508 e. The first-order chi connectivity index (χ1) is 48.9. The molecule has 0 amide bonds. The number of carbonyl (C=O) groups excluding carboxylic acids is 1. The molecule has 6 heterocycles. The summed E-state index contributed by atoms with van der Waals surface area (Å²) < 4.78 is 35.4. The highest BCUT2D eigenvalue weighted by Gasteiger charge is 2.58. The number of aliphatic hydroxyl groups is 1. The van der Waals surface area contributed by atoms with E-state index in [2.05, 4.69) is 131 Å². The molecule has 0 radical (unpaired) electrons. The van der Waals surface area contributed by atoms with Gasteiger partial charge in [-0.15, -0.1) is 0 Å². The summed E-state index contributed by atoms with van der Waals surface area (Å²) in [6.45, 7) is 2.33. The number of hydrogen-bond donors (Lipinski definition) is 7. The van der Waals surface area contributed by atoms with Gasteiger partial charge in [-0.3, -0.25) is 4.79 Å². The molecule has 1 saturated heterocycles. The summed E-state index contributed by atoms with van der Waals surface area (Å²) in [5, 5.41) is 50.0. The van der Waals surface area contributed by atoms with Crippen molar-refractivity contribution in [3.05, 3.63) is 164 Å². The number of aliphatic hydroxyl groups excluding tert-OH is 1. The molecule has 522 valence electrons. The number of methoxy groups -OCH3 is 2. The van der Waals surface area contributed by atoms with Gasteiger partial charge < -0.3 is 60.7 Å². The van der Waals surface area contributed by atoms with Crippen LogP contribution in [0.3, 0.4) is 0 Å². The van der Waals surface area contributed by atoms with E-state index in [9.17, 15) is 20.1 Å². The van der Waals surface area contributed by atoms with Crippen LogP contribution in [0, 0.1) is 59.2 Å². The molecule has 5 aromatic carbocycles. The van der Waals surface area contributed by atoms with Crippen molar-refractivity contribution in [1.29, 1.82) is 0 Å². The molecular weight excluding hydrogens is 1290 g/mol. The van der Waals surface area contributed by atoms with Crippen molar-refractivity contribution in [3.8, 4) is 63.6 Å². The molecule has 12 aliphatic rings. The third kappa shape index (κ3) is 11.4. The van der Waals surface area contributed by atoms with Crippen LogP contribution in [-0.4, -0.2) is 97.2 Å². The van der Waals surface area contributed by atoms with Gasteiger partial charge in [0.25, 0.3) is 0 Å². The SMILES string of the molecule is COCC1C(CO)CNCc2c(O)c3c(c4c2C2C#CC5=C(C=CC(N)N5)C(C5CCC6(Cc7cc(O)cc(OC)c7-c7ccc8c(c76)OC4C8COC(C)=O)C5)C4(CCCCC4)c4cccc(c4)C4(CCCC4)C1C#C2)C=CC1NC2CCCC(CSSC(Cc4ccccc4)C1O3)C2. The summed E-state index contributed by atoms with van der Waals surface area (Å²) >= 11 is 0. The molecular formula is C85H96N4O9S2. The molecule has 6 aliphatic carbocycles. The van der Waals surface area contributed by atoms with E-state index >= 15 is 0 Å². The second-order valence-electron chi connectivity index (χ2n) is 31.5. The Kier molecular flexibility index (Phi) is 18.0. The molecule has 3 spiro atoms.